The predicted molar refractivity (Wildman–Crippen MR) is 114 cm³/mol. The largest absolute Gasteiger partial charge is 0.497 e. The van der Waals surface area contributed by atoms with Crippen LogP contribution in [0.15, 0.2) is 42.5 Å². The van der Waals surface area contributed by atoms with Gasteiger partial charge in [0.05, 0.1) is 13.2 Å². The molecule has 1 aliphatic rings. The molecule has 1 unspecified atom stereocenters. The summed E-state index contributed by atoms with van der Waals surface area (Å²) in [5, 5.41) is 3.41. The first-order valence-corrected chi connectivity index (χ1v) is 10.1. The van der Waals surface area contributed by atoms with Gasteiger partial charge in [-0.25, -0.2) is 0 Å². The summed E-state index contributed by atoms with van der Waals surface area (Å²) in [6.45, 7) is 3.94. The van der Waals surface area contributed by atoms with Gasteiger partial charge in [-0.05, 0) is 69.6 Å². The van der Waals surface area contributed by atoms with Crippen LogP contribution < -0.4 is 10.1 Å². The summed E-state index contributed by atoms with van der Waals surface area (Å²) in [5.74, 6) is 0.770. The normalized spacial score (nSPS) is 16.8. The highest BCUT2D eigenvalue weighted by Gasteiger charge is 2.44. The number of hydrogen-bond donors (Lipinski definition) is 1. The van der Waals surface area contributed by atoms with Crippen molar-refractivity contribution in [3.05, 3.63) is 64.7 Å². The molecule has 1 aliphatic carbocycles. The van der Waals surface area contributed by atoms with E-state index in [9.17, 15) is 4.79 Å². The standard InChI is InChI=1S/C24H32N2O2/c1-17-15-20(28-5)16-18(2)21(17)23(27)25-22(19-11-7-6-8-12-19)24(26(3)4)13-9-10-14-24/h6-8,11-12,15-16,22H,9-10,13-14H2,1-5H3,(H,25,27). The zero-order valence-electron chi connectivity index (χ0n) is 17.7. The summed E-state index contributed by atoms with van der Waals surface area (Å²) in [6.07, 6.45) is 4.55. The molecule has 1 amide bonds. The van der Waals surface area contributed by atoms with Gasteiger partial charge in [0, 0.05) is 11.1 Å². The topological polar surface area (TPSA) is 41.6 Å². The summed E-state index contributed by atoms with van der Waals surface area (Å²) in [7, 11) is 5.93. The Morgan fingerprint density at radius 1 is 1.07 bits per heavy atom. The molecule has 3 rings (SSSR count). The number of carbonyl (C=O) groups is 1. The Labute approximate surface area is 168 Å². The maximum Gasteiger partial charge on any atom is 0.252 e. The predicted octanol–water partition coefficient (Wildman–Crippen LogP) is 4.66. The first kappa shape index (κ1) is 20.4. The Hall–Kier alpha value is -2.33. The van der Waals surface area contributed by atoms with Crippen LogP contribution in [0, 0.1) is 13.8 Å². The van der Waals surface area contributed by atoms with Gasteiger partial charge < -0.3 is 15.0 Å². The van der Waals surface area contributed by atoms with Gasteiger partial charge in [-0.3, -0.25) is 4.79 Å². The van der Waals surface area contributed by atoms with E-state index in [0.29, 0.717) is 0 Å². The van der Waals surface area contributed by atoms with E-state index in [-0.39, 0.29) is 17.5 Å². The van der Waals surface area contributed by atoms with Gasteiger partial charge in [0.1, 0.15) is 5.75 Å². The zero-order valence-corrected chi connectivity index (χ0v) is 17.7. The number of methoxy groups -OCH3 is 1. The average molecular weight is 381 g/mol. The molecule has 1 saturated carbocycles. The first-order valence-electron chi connectivity index (χ1n) is 10.1. The lowest BCUT2D eigenvalue weighted by Gasteiger charge is -2.44. The van der Waals surface area contributed by atoms with Crippen molar-refractivity contribution in [2.45, 2.75) is 51.1 Å². The fourth-order valence-electron chi connectivity index (χ4n) is 4.76. The molecule has 0 aromatic heterocycles. The van der Waals surface area contributed by atoms with E-state index in [4.69, 9.17) is 4.74 Å². The SMILES string of the molecule is COc1cc(C)c(C(=O)NC(c2ccccc2)C2(N(C)C)CCCC2)c(C)c1. The summed E-state index contributed by atoms with van der Waals surface area (Å²) < 4.78 is 5.35. The van der Waals surface area contributed by atoms with Gasteiger partial charge in [-0.2, -0.15) is 0 Å². The second kappa shape index (κ2) is 8.36. The smallest absolute Gasteiger partial charge is 0.252 e. The molecule has 28 heavy (non-hydrogen) atoms. The Kier molecular flexibility index (Phi) is 6.09. The number of hydrogen-bond acceptors (Lipinski definition) is 3. The molecule has 1 fully saturated rings. The highest BCUT2D eigenvalue weighted by molar-refractivity contribution is 5.97. The highest BCUT2D eigenvalue weighted by atomic mass is 16.5. The third kappa shape index (κ3) is 3.79. The Balaban J connectivity index is 2.00. The van der Waals surface area contributed by atoms with Gasteiger partial charge in [0.2, 0.25) is 0 Å². The summed E-state index contributed by atoms with van der Waals surface area (Å²) in [6, 6.07) is 14.2. The van der Waals surface area contributed by atoms with E-state index in [0.717, 1.165) is 40.8 Å². The van der Waals surface area contributed by atoms with Gasteiger partial charge in [0.25, 0.3) is 5.91 Å². The van der Waals surface area contributed by atoms with E-state index >= 15 is 0 Å². The number of amides is 1. The molecule has 2 aromatic carbocycles. The number of nitrogens with zero attached hydrogens (tertiary/aromatic N) is 1. The molecule has 0 heterocycles. The Morgan fingerprint density at radius 3 is 2.14 bits per heavy atom. The second-order valence-electron chi connectivity index (χ2n) is 8.16. The molecule has 0 aliphatic heterocycles. The summed E-state index contributed by atoms with van der Waals surface area (Å²) in [4.78, 5) is 15.7. The minimum absolute atomic E-state index is 0.0142. The molecule has 0 bridgehead atoms. The molecular weight excluding hydrogens is 348 g/mol. The Bertz CT molecular complexity index is 801. The van der Waals surface area contributed by atoms with Crippen molar-refractivity contribution in [1.29, 1.82) is 0 Å². The first-order chi connectivity index (χ1) is 13.4. The highest BCUT2D eigenvalue weighted by Crippen LogP contribution is 2.43. The van der Waals surface area contributed by atoms with E-state index < -0.39 is 0 Å². The van der Waals surface area contributed by atoms with Crippen molar-refractivity contribution in [3.63, 3.8) is 0 Å². The lowest BCUT2D eigenvalue weighted by Crippen LogP contribution is -2.53. The van der Waals surface area contributed by atoms with Crippen molar-refractivity contribution in [1.82, 2.24) is 10.2 Å². The maximum absolute atomic E-state index is 13.4. The fraction of sp³-hybridized carbons (Fsp3) is 0.458. The van der Waals surface area contributed by atoms with Crippen LogP contribution in [0.4, 0.5) is 0 Å². The minimum Gasteiger partial charge on any atom is -0.497 e. The van der Waals surface area contributed by atoms with Crippen LogP contribution in [0.1, 0.15) is 58.8 Å². The number of ether oxygens (including phenoxy) is 1. The molecule has 0 radical (unpaired) electrons. The van der Waals surface area contributed by atoms with E-state index in [1.807, 2.05) is 32.0 Å². The number of benzene rings is 2. The summed E-state index contributed by atoms with van der Waals surface area (Å²) in [5.41, 5.74) is 3.72. The van der Waals surface area contributed by atoms with Crippen LogP contribution in [0.2, 0.25) is 0 Å². The Morgan fingerprint density at radius 2 is 1.64 bits per heavy atom. The fourth-order valence-corrected chi connectivity index (χ4v) is 4.76. The average Bonchev–Trinajstić information content (AvgIpc) is 3.17. The molecule has 1 N–H and O–H groups in total. The van der Waals surface area contributed by atoms with E-state index in [1.165, 1.54) is 12.8 Å². The van der Waals surface area contributed by atoms with Crippen LogP contribution in [0.3, 0.4) is 0 Å². The van der Waals surface area contributed by atoms with Gasteiger partial charge >= 0.3 is 0 Å². The lowest BCUT2D eigenvalue weighted by molar-refractivity contribution is 0.0765. The molecule has 2 aromatic rings. The third-order valence-electron chi connectivity index (χ3n) is 6.27. The lowest BCUT2D eigenvalue weighted by atomic mass is 9.82. The molecule has 1 atom stereocenters. The number of nitrogens with one attached hydrogen (secondary N) is 1. The number of carbonyl (C=O) groups excluding carboxylic acids is 1. The van der Waals surface area contributed by atoms with Crippen molar-refractivity contribution in [2.75, 3.05) is 21.2 Å². The van der Waals surface area contributed by atoms with Crippen LogP contribution in [-0.4, -0.2) is 37.6 Å². The van der Waals surface area contributed by atoms with Crippen LogP contribution >= 0.6 is 0 Å². The van der Waals surface area contributed by atoms with Crippen molar-refractivity contribution >= 4 is 5.91 Å². The van der Waals surface area contributed by atoms with E-state index in [2.05, 4.69) is 48.6 Å². The number of aryl methyl sites for hydroxylation is 2. The second-order valence-corrected chi connectivity index (χ2v) is 8.16. The quantitative estimate of drug-likeness (QED) is 0.793. The van der Waals surface area contributed by atoms with Crippen LogP contribution in [0.5, 0.6) is 5.75 Å². The maximum atomic E-state index is 13.4. The molecule has 0 spiro atoms. The van der Waals surface area contributed by atoms with Gasteiger partial charge in [0.15, 0.2) is 0 Å². The van der Waals surface area contributed by atoms with Crippen LogP contribution in [0.25, 0.3) is 0 Å². The zero-order chi connectivity index (χ0) is 20.3. The monoisotopic (exact) mass is 380 g/mol. The third-order valence-corrected chi connectivity index (χ3v) is 6.27. The van der Waals surface area contributed by atoms with Crippen molar-refractivity contribution < 1.29 is 9.53 Å². The molecular formula is C24H32N2O2. The van der Waals surface area contributed by atoms with Crippen LogP contribution in [-0.2, 0) is 0 Å². The van der Waals surface area contributed by atoms with Gasteiger partial charge in [-0.1, -0.05) is 43.2 Å². The van der Waals surface area contributed by atoms with Gasteiger partial charge in [-0.15, -0.1) is 0 Å². The molecule has 4 heteroatoms. The molecule has 0 saturated heterocycles. The molecule has 4 nitrogen and oxygen atoms in total. The summed E-state index contributed by atoms with van der Waals surface area (Å²) >= 11 is 0. The molecule has 150 valence electrons. The minimum atomic E-state index is -0.0642. The van der Waals surface area contributed by atoms with Crippen molar-refractivity contribution in [2.24, 2.45) is 0 Å². The van der Waals surface area contributed by atoms with E-state index in [1.54, 1.807) is 7.11 Å². The number of rotatable bonds is 6. The van der Waals surface area contributed by atoms with Crippen molar-refractivity contribution in [3.8, 4) is 5.75 Å². The number of likely N-dealkylation sites (N-methyl/N-ethyl adjacent to an activating group) is 1.